The molecular weight excluding hydrogens is 366 g/mol. The largest absolute Gasteiger partial charge is 0.354 e. The highest BCUT2D eigenvalue weighted by molar-refractivity contribution is 5.79. The summed E-state index contributed by atoms with van der Waals surface area (Å²) in [4.78, 5) is 30.3. The minimum atomic E-state index is 0.120. The van der Waals surface area contributed by atoms with Crippen LogP contribution in [0.2, 0.25) is 0 Å². The zero-order valence-electron chi connectivity index (χ0n) is 17.3. The maximum Gasteiger partial charge on any atom is 0.220 e. The number of pyridine rings is 1. The highest BCUT2D eigenvalue weighted by atomic mass is 16.2. The van der Waals surface area contributed by atoms with Crippen molar-refractivity contribution < 1.29 is 9.59 Å². The average Bonchev–Trinajstić information content (AvgIpc) is 3.46. The number of carbonyl (C=O) groups is 2. The zero-order chi connectivity index (χ0) is 20.2. The lowest BCUT2D eigenvalue weighted by atomic mass is 10.0. The molecule has 1 saturated heterocycles. The van der Waals surface area contributed by atoms with Crippen LogP contribution in [0, 0.1) is 5.92 Å². The quantitative estimate of drug-likeness (QED) is 0.779. The van der Waals surface area contributed by atoms with E-state index in [9.17, 15) is 9.59 Å². The summed E-state index contributed by atoms with van der Waals surface area (Å²) in [6, 6.07) is 3.98. The number of amides is 2. The van der Waals surface area contributed by atoms with Crippen LogP contribution in [0.1, 0.15) is 63.5 Å². The van der Waals surface area contributed by atoms with E-state index in [0.29, 0.717) is 26.1 Å². The summed E-state index contributed by atoms with van der Waals surface area (Å²) in [6.07, 6.45) is 9.54. The van der Waals surface area contributed by atoms with Gasteiger partial charge in [0, 0.05) is 50.5 Å². The van der Waals surface area contributed by atoms with Crippen LogP contribution in [0.5, 0.6) is 0 Å². The van der Waals surface area contributed by atoms with Gasteiger partial charge in [-0.3, -0.25) is 9.59 Å². The lowest BCUT2D eigenvalue weighted by molar-refractivity contribution is -0.127. The summed E-state index contributed by atoms with van der Waals surface area (Å²) in [5.74, 6) is 1.24. The van der Waals surface area contributed by atoms with Crippen molar-refractivity contribution in [1.29, 1.82) is 0 Å². The van der Waals surface area contributed by atoms with Crippen molar-refractivity contribution in [3.05, 3.63) is 24.0 Å². The Morgan fingerprint density at radius 1 is 1.24 bits per heavy atom. The summed E-state index contributed by atoms with van der Waals surface area (Å²) >= 11 is 0. The molecule has 7 nitrogen and oxygen atoms in total. The molecule has 2 aromatic heterocycles. The summed E-state index contributed by atoms with van der Waals surface area (Å²) in [6.45, 7) is 4.28. The molecule has 0 spiro atoms. The van der Waals surface area contributed by atoms with Crippen LogP contribution in [-0.2, 0) is 16.1 Å². The van der Waals surface area contributed by atoms with Crippen LogP contribution in [0.4, 0.5) is 0 Å². The molecule has 3 heterocycles. The van der Waals surface area contributed by atoms with E-state index < -0.39 is 0 Å². The van der Waals surface area contributed by atoms with Gasteiger partial charge >= 0.3 is 0 Å². The summed E-state index contributed by atoms with van der Waals surface area (Å²) in [5.41, 5.74) is 1.87. The lowest BCUT2D eigenvalue weighted by Gasteiger charge is -2.12. The Morgan fingerprint density at radius 2 is 2.07 bits per heavy atom. The molecule has 1 aliphatic carbocycles. The molecule has 0 radical (unpaired) electrons. The molecule has 1 atom stereocenters. The summed E-state index contributed by atoms with van der Waals surface area (Å²) < 4.78 is 1.90. The predicted octanol–water partition coefficient (Wildman–Crippen LogP) is 2.85. The Bertz CT molecular complexity index is 871. The molecule has 1 aliphatic heterocycles. The molecule has 2 aliphatic rings. The van der Waals surface area contributed by atoms with Gasteiger partial charge in [-0.25, -0.2) is 9.67 Å². The Morgan fingerprint density at radius 3 is 2.83 bits per heavy atom. The molecule has 1 saturated carbocycles. The fraction of sp³-hybridized carbons (Fsp3) is 0.636. The first-order chi connectivity index (χ1) is 14.1. The van der Waals surface area contributed by atoms with Gasteiger partial charge in [-0.15, -0.1) is 0 Å². The van der Waals surface area contributed by atoms with Crippen LogP contribution in [0.3, 0.4) is 0 Å². The Hall–Kier alpha value is -2.44. The second kappa shape index (κ2) is 8.93. The first-order valence-corrected chi connectivity index (χ1v) is 11.0. The monoisotopic (exact) mass is 397 g/mol. The van der Waals surface area contributed by atoms with Crippen molar-refractivity contribution in [3.8, 4) is 0 Å². The number of likely N-dealkylation sites (tertiary alicyclic amines) is 1. The normalized spacial score (nSPS) is 19.9. The topological polar surface area (TPSA) is 80.1 Å². The van der Waals surface area contributed by atoms with Crippen molar-refractivity contribution >= 4 is 22.8 Å². The molecule has 29 heavy (non-hydrogen) atoms. The molecular formula is C22H31N5O2. The maximum absolute atomic E-state index is 12.2. The van der Waals surface area contributed by atoms with E-state index in [1.807, 2.05) is 15.6 Å². The Balaban J connectivity index is 1.36. The fourth-order valence-electron chi connectivity index (χ4n) is 4.78. The van der Waals surface area contributed by atoms with Gasteiger partial charge in [-0.1, -0.05) is 25.7 Å². The number of nitrogens with zero attached hydrogens (tertiary/aromatic N) is 4. The number of nitrogens with one attached hydrogen (secondary N) is 1. The first-order valence-electron chi connectivity index (χ1n) is 11.0. The molecule has 0 bridgehead atoms. The van der Waals surface area contributed by atoms with E-state index in [2.05, 4.69) is 16.4 Å². The van der Waals surface area contributed by atoms with E-state index in [1.54, 1.807) is 13.1 Å². The Labute approximate surface area is 171 Å². The van der Waals surface area contributed by atoms with E-state index in [-0.39, 0.29) is 17.7 Å². The highest BCUT2D eigenvalue weighted by Gasteiger charge is 2.29. The van der Waals surface area contributed by atoms with Crippen molar-refractivity contribution in [3.63, 3.8) is 0 Å². The van der Waals surface area contributed by atoms with Gasteiger partial charge in [0.1, 0.15) is 0 Å². The van der Waals surface area contributed by atoms with Gasteiger partial charge in [0.2, 0.25) is 11.8 Å². The third kappa shape index (κ3) is 4.60. The van der Waals surface area contributed by atoms with Crippen LogP contribution in [0.25, 0.3) is 11.0 Å². The second-order valence-electron chi connectivity index (χ2n) is 8.47. The van der Waals surface area contributed by atoms with Crippen molar-refractivity contribution in [2.75, 3.05) is 19.6 Å². The fourth-order valence-corrected chi connectivity index (χ4v) is 4.78. The smallest absolute Gasteiger partial charge is 0.220 e. The maximum atomic E-state index is 12.2. The van der Waals surface area contributed by atoms with Gasteiger partial charge in [-0.2, -0.15) is 5.10 Å². The molecule has 156 valence electrons. The van der Waals surface area contributed by atoms with Gasteiger partial charge in [0.05, 0.1) is 12.2 Å². The molecule has 7 heteroatoms. The van der Waals surface area contributed by atoms with Gasteiger partial charge in [-0.05, 0) is 30.9 Å². The summed E-state index contributed by atoms with van der Waals surface area (Å²) in [5, 5.41) is 8.93. The number of hydrogen-bond donors (Lipinski definition) is 1. The van der Waals surface area contributed by atoms with Crippen LogP contribution >= 0.6 is 0 Å². The second-order valence-corrected chi connectivity index (χ2v) is 8.47. The van der Waals surface area contributed by atoms with Crippen molar-refractivity contribution in [2.45, 2.75) is 64.3 Å². The standard InChI is InChI=1S/C22H31N5O2/c1-16(28)26-13-10-18(15-26)21-19-7-4-11-24-22(19)27(25-21)14-12-23-20(29)9-8-17-5-2-3-6-17/h4,7,11,17-18H,2-3,5-6,8-10,12-15H2,1H3,(H,23,29). The van der Waals surface area contributed by atoms with E-state index in [1.165, 1.54) is 25.7 Å². The van der Waals surface area contributed by atoms with Crippen LogP contribution in [-0.4, -0.2) is 51.1 Å². The zero-order valence-corrected chi connectivity index (χ0v) is 17.3. The number of rotatable bonds is 7. The van der Waals surface area contributed by atoms with Crippen LogP contribution in [0.15, 0.2) is 18.3 Å². The lowest BCUT2D eigenvalue weighted by Crippen LogP contribution is -2.27. The van der Waals surface area contributed by atoms with Crippen molar-refractivity contribution in [2.24, 2.45) is 5.92 Å². The van der Waals surface area contributed by atoms with Gasteiger partial charge in [0.25, 0.3) is 0 Å². The Kier molecular flexibility index (Phi) is 6.11. The average molecular weight is 398 g/mol. The molecule has 4 rings (SSSR count). The third-order valence-corrected chi connectivity index (χ3v) is 6.46. The molecule has 1 unspecified atom stereocenters. The SMILES string of the molecule is CC(=O)N1CCC(c2nn(CCNC(=O)CCC3CCCC3)c3ncccc23)C1. The van der Waals surface area contributed by atoms with Crippen molar-refractivity contribution in [1.82, 2.24) is 25.0 Å². The molecule has 2 amide bonds. The van der Waals surface area contributed by atoms with Gasteiger partial charge in [0.15, 0.2) is 5.65 Å². The number of aromatic nitrogens is 3. The first kappa shape index (κ1) is 19.9. The van der Waals surface area contributed by atoms with Gasteiger partial charge < -0.3 is 10.2 Å². The predicted molar refractivity (Wildman–Crippen MR) is 111 cm³/mol. The number of fused-ring (bicyclic) bond motifs is 1. The third-order valence-electron chi connectivity index (χ3n) is 6.46. The molecule has 0 aromatic carbocycles. The molecule has 2 aromatic rings. The molecule has 1 N–H and O–H groups in total. The van der Waals surface area contributed by atoms with E-state index in [4.69, 9.17) is 5.10 Å². The minimum Gasteiger partial charge on any atom is -0.354 e. The number of carbonyl (C=O) groups excluding carboxylic acids is 2. The minimum absolute atomic E-state index is 0.120. The van der Waals surface area contributed by atoms with E-state index >= 15 is 0 Å². The number of hydrogen-bond acceptors (Lipinski definition) is 4. The van der Waals surface area contributed by atoms with E-state index in [0.717, 1.165) is 42.0 Å². The molecule has 2 fully saturated rings. The van der Waals surface area contributed by atoms with Crippen LogP contribution < -0.4 is 5.32 Å². The summed E-state index contributed by atoms with van der Waals surface area (Å²) in [7, 11) is 0. The highest BCUT2D eigenvalue weighted by Crippen LogP contribution is 2.31.